The van der Waals surface area contributed by atoms with Crippen LogP contribution in [0.4, 0.5) is 0 Å². The summed E-state index contributed by atoms with van der Waals surface area (Å²) in [6.07, 6.45) is 5.65. The van der Waals surface area contributed by atoms with Gasteiger partial charge in [-0.3, -0.25) is 9.69 Å². The Morgan fingerprint density at radius 3 is 2.59 bits per heavy atom. The highest BCUT2D eigenvalue weighted by Gasteiger charge is 2.09. The Morgan fingerprint density at radius 1 is 1.18 bits per heavy atom. The SMILES string of the molecule is NC(=O)c1ccc(CCCCCCN2CCOCC2)cc1O. The third-order valence-corrected chi connectivity index (χ3v) is 4.12. The lowest BCUT2D eigenvalue weighted by molar-refractivity contribution is 0.0371. The van der Waals surface area contributed by atoms with Crippen molar-refractivity contribution < 1.29 is 14.6 Å². The topological polar surface area (TPSA) is 75.8 Å². The Morgan fingerprint density at radius 2 is 1.91 bits per heavy atom. The number of benzene rings is 1. The summed E-state index contributed by atoms with van der Waals surface area (Å²) >= 11 is 0. The van der Waals surface area contributed by atoms with Crippen molar-refractivity contribution in [2.45, 2.75) is 32.1 Å². The van der Waals surface area contributed by atoms with E-state index in [4.69, 9.17) is 10.5 Å². The monoisotopic (exact) mass is 306 g/mol. The minimum absolute atomic E-state index is 0.0164. The molecule has 0 aromatic heterocycles. The van der Waals surface area contributed by atoms with Gasteiger partial charge in [0.25, 0.3) is 5.91 Å². The van der Waals surface area contributed by atoms with E-state index in [9.17, 15) is 9.90 Å². The predicted molar refractivity (Wildman–Crippen MR) is 86.1 cm³/mol. The van der Waals surface area contributed by atoms with Gasteiger partial charge in [-0.1, -0.05) is 18.9 Å². The maximum atomic E-state index is 11.0. The molecular formula is C17H26N2O3. The zero-order chi connectivity index (χ0) is 15.8. The van der Waals surface area contributed by atoms with Crippen molar-refractivity contribution in [2.24, 2.45) is 5.73 Å². The summed E-state index contributed by atoms with van der Waals surface area (Å²) in [6, 6.07) is 5.12. The van der Waals surface area contributed by atoms with E-state index in [-0.39, 0.29) is 11.3 Å². The molecule has 0 unspecified atom stereocenters. The number of primary amides is 1. The fourth-order valence-electron chi connectivity index (χ4n) is 2.78. The number of nitrogens with zero attached hydrogens (tertiary/aromatic N) is 1. The maximum Gasteiger partial charge on any atom is 0.252 e. The van der Waals surface area contributed by atoms with E-state index in [1.54, 1.807) is 12.1 Å². The van der Waals surface area contributed by atoms with Crippen LogP contribution in [-0.2, 0) is 11.2 Å². The Hall–Kier alpha value is -1.59. The number of carbonyl (C=O) groups is 1. The van der Waals surface area contributed by atoms with Crippen molar-refractivity contribution in [1.82, 2.24) is 4.90 Å². The number of amides is 1. The van der Waals surface area contributed by atoms with E-state index in [0.717, 1.165) is 51.3 Å². The highest BCUT2D eigenvalue weighted by Crippen LogP contribution is 2.19. The minimum Gasteiger partial charge on any atom is -0.507 e. The number of aryl methyl sites for hydroxylation is 1. The van der Waals surface area contributed by atoms with Gasteiger partial charge in [-0.05, 0) is 43.5 Å². The molecule has 1 aromatic rings. The number of rotatable bonds is 8. The van der Waals surface area contributed by atoms with Gasteiger partial charge in [0.1, 0.15) is 5.75 Å². The standard InChI is InChI=1S/C17H26N2O3/c18-17(21)15-7-6-14(13-16(15)20)5-3-1-2-4-8-19-9-11-22-12-10-19/h6-7,13,20H,1-5,8-12H2,(H2,18,21). The Balaban J connectivity index is 1.60. The largest absolute Gasteiger partial charge is 0.507 e. The quantitative estimate of drug-likeness (QED) is 0.720. The van der Waals surface area contributed by atoms with Crippen molar-refractivity contribution in [3.05, 3.63) is 29.3 Å². The first-order valence-electron chi connectivity index (χ1n) is 8.08. The van der Waals surface area contributed by atoms with Crippen LogP contribution < -0.4 is 5.73 Å². The molecule has 122 valence electrons. The molecule has 1 saturated heterocycles. The Bertz CT molecular complexity index is 485. The molecular weight excluding hydrogens is 280 g/mol. The third kappa shape index (κ3) is 5.31. The van der Waals surface area contributed by atoms with Crippen LogP contribution in [0.3, 0.4) is 0 Å². The van der Waals surface area contributed by atoms with Crippen molar-refractivity contribution in [3.8, 4) is 5.75 Å². The van der Waals surface area contributed by atoms with Crippen LogP contribution in [0.15, 0.2) is 18.2 Å². The number of aromatic hydroxyl groups is 1. The summed E-state index contributed by atoms with van der Waals surface area (Å²) in [5.41, 5.74) is 6.41. The number of morpholine rings is 1. The fourth-order valence-corrected chi connectivity index (χ4v) is 2.78. The molecule has 1 heterocycles. The minimum atomic E-state index is -0.591. The second kappa shape index (κ2) is 8.76. The highest BCUT2D eigenvalue weighted by atomic mass is 16.5. The Kier molecular flexibility index (Phi) is 6.68. The Labute approximate surface area is 132 Å². The molecule has 22 heavy (non-hydrogen) atoms. The summed E-state index contributed by atoms with van der Waals surface area (Å²) in [5.74, 6) is -0.607. The van der Waals surface area contributed by atoms with E-state index in [0.29, 0.717) is 0 Å². The van der Waals surface area contributed by atoms with E-state index in [1.807, 2.05) is 6.07 Å². The molecule has 1 aliphatic heterocycles. The van der Waals surface area contributed by atoms with Crippen molar-refractivity contribution in [1.29, 1.82) is 0 Å². The molecule has 1 amide bonds. The molecule has 2 rings (SSSR count). The molecule has 0 spiro atoms. The van der Waals surface area contributed by atoms with E-state index < -0.39 is 5.91 Å². The lowest BCUT2D eigenvalue weighted by Gasteiger charge is -2.26. The van der Waals surface area contributed by atoms with Gasteiger partial charge in [-0.25, -0.2) is 0 Å². The summed E-state index contributed by atoms with van der Waals surface area (Å²) < 4.78 is 5.34. The van der Waals surface area contributed by atoms with Gasteiger partial charge in [0, 0.05) is 13.1 Å². The summed E-state index contributed by atoms with van der Waals surface area (Å²) in [7, 11) is 0. The number of carbonyl (C=O) groups excluding carboxylic acids is 1. The smallest absolute Gasteiger partial charge is 0.252 e. The first-order chi connectivity index (χ1) is 10.7. The zero-order valence-electron chi connectivity index (χ0n) is 13.1. The van der Waals surface area contributed by atoms with Crippen LogP contribution in [0.1, 0.15) is 41.6 Å². The van der Waals surface area contributed by atoms with Crippen LogP contribution in [0.25, 0.3) is 0 Å². The van der Waals surface area contributed by atoms with Crippen molar-refractivity contribution >= 4 is 5.91 Å². The van der Waals surface area contributed by atoms with Gasteiger partial charge in [0.2, 0.25) is 0 Å². The molecule has 0 saturated carbocycles. The van der Waals surface area contributed by atoms with E-state index >= 15 is 0 Å². The van der Waals surface area contributed by atoms with Crippen LogP contribution in [-0.4, -0.2) is 48.8 Å². The number of phenols is 1. The van der Waals surface area contributed by atoms with Crippen molar-refractivity contribution in [3.63, 3.8) is 0 Å². The average molecular weight is 306 g/mol. The molecule has 5 nitrogen and oxygen atoms in total. The lowest BCUT2D eigenvalue weighted by atomic mass is 10.0. The molecule has 1 fully saturated rings. The molecule has 5 heteroatoms. The second-order valence-electron chi connectivity index (χ2n) is 5.83. The molecule has 0 atom stereocenters. The first kappa shape index (κ1) is 16.8. The normalized spacial score (nSPS) is 15.8. The van der Waals surface area contributed by atoms with Gasteiger partial charge in [-0.15, -0.1) is 0 Å². The zero-order valence-corrected chi connectivity index (χ0v) is 13.1. The highest BCUT2D eigenvalue weighted by molar-refractivity contribution is 5.95. The molecule has 0 bridgehead atoms. The van der Waals surface area contributed by atoms with Gasteiger partial charge in [-0.2, -0.15) is 0 Å². The van der Waals surface area contributed by atoms with Crippen LogP contribution >= 0.6 is 0 Å². The summed E-state index contributed by atoms with van der Waals surface area (Å²) in [6.45, 7) is 5.02. The van der Waals surface area contributed by atoms with Gasteiger partial charge in [0.05, 0.1) is 18.8 Å². The fraction of sp³-hybridized carbons (Fsp3) is 0.588. The number of ether oxygens (including phenoxy) is 1. The number of unbranched alkanes of at least 4 members (excludes halogenated alkanes) is 3. The molecule has 3 N–H and O–H groups in total. The third-order valence-electron chi connectivity index (χ3n) is 4.12. The number of hydrogen-bond acceptors (Lipinski definition) is 4. The van der Waals surface area contributed by atoms with Gasteiger partial charge in [0.15, 0.2) is 0 Å². The van der Waals surface area contributed by atoms with Crippen LogP contribution in [0.2, 0.25) is 0 Å². The molecule has 0 aliphatic carbocycles. The summed E-state index contributed by atoms with van der Waals surface area (Å²) in [5, 5.41) is 9.73. The van der Waals surface area contributed by atoms with Crippen LogP contribution in [0.5, 0.6) is 5.75 Å². The van der Waals surface area contributed by atoms with E-state index in [2.05, 4.69) is 4.90 Å². The first-order valence-corrected chi connectivity index (χ1v) is 8.08. The van der Waals surface area contributed by atoms with Gasteiger partial charge < -0.3 is 15.6 Å². The molecule has 1 aromatic carbocycles. The van der Waals surface area contributed by atoms with Gasteiger partial charge >= 0.3 is 0 Å². The molecule has 0 radical (unpaired) electrons. The number of nitrogens with two attached hydrogens (primary N) is 1. The maximum absolute atomic E-state index is 11.0. The van der Waals surface area contributed by atoms with Crippen molar-refractivity contribution in [2.75, 3.05) is 32.8 Å². The number of hydrogen-bond donors (Lipinski definition) is 2. The summed E-state index contributed by atoms with van der Waals surface area (Å²) in [4.78, 5) is 13.5. The lowest BCUT2D eigenvalue weighted by Crippen LogP contribution is -2.36. The predicted octanol–water partition coefficient (Wildman–Crippen LogP) is 1.93. The average Bonchev–Trinajstić information content (AvgIpc) is 2.51. The van der Waals surface area contributed by atoms with E-state index in [1.165, 1.54) is 19.3 Å². The second-order valence-corrected chi connectivity index (χ2v) is 5.83. The van der Waals surface area contributed by atoms with Crippen LogP contribution in [0, 0.1) is 0 Å². The molecule has 1 aliphatic rings.